The number of thiophene rings is 1. The van der Waals surface area contributed by atoms with Gasteiger partial charge < -0.3 is 16.0 Å². The van der Waals surface area contributed by atoms with E-state index in [4.69, 9.17) is 5.73 Å². The zero-order chi connectivity index (χ0) is 25.1. The number of nitrogens with two attached hydrogens (primary N) is 1. The minimum absolute atomic E-state index is 0.181. The van der Waals surface area contributed by atoms with Crippen molar-refractivity contribution >= 4 is 44.7 Å². The van der Waals surface area contributed by atoms with Crippen molar-refractivity contribution in [2.45, 2.75) is 38.6 Å². The van der Waals surface area contributed by atoms with Crippen LogP contribution in [-0.4, -0.2) is 62.1 Å². The Morgan fingerprint density at radius 1 is 1.08 bits per heavy atom. The molecule has 2 bridgehead atoms. The summed E-state index contributed by atoms with van der Waals surface area (Å²) in [5.74, 6) is 2.56. The zero-order valence-corrected chi connectivity index (χ0v) is 21.6. The number of nitrogens with one attached hydrogen (secondary N) is 1. The number of aromatic nitrogens is 5. The fourth-order valence-electron chi connectivity index (χ4n) is 6.58. The molecule has 3 atom stereocenters. The van der Waals surface area contributed by atoms with Crippen LogP contribution in [0.5, 0.6) is 0 Å². The molecule has 4 heterocycles. The average Bonchev–Trinajstić information content (AvgIpc) is 3.70. The summed E-state index contributed by atoms with van der Waals surface area (Å²) in [6, 6.07) is 7.95. The Kier molecular flexibility index (Phi) is 5.51. The second-order valence-electron chi connectivity index (χ2n) is 10.5. The van der Waals surface area contributed by atoms with Gasteiger partial charge in [-0.3, -0.25) is 4.90 Å². The molecule has 2 aliphatic carbocycles. The fraction of sp³-hybridized carbons (Fsp3) is 0.462. The summed E-state index contributed by atoms with van der Waals surface area (Å²) in [6.07, 6.45) is 5.60. The van der Waals surface area contributed by atoms with Crippen LogP contribution >= 0.6 is 11.3 Å². The molecule has 3 N–H and O–H groups in total. The number of benzene rings is 1. The number of hydrogen-bond donors (Lipinski definition) is 2. The topological polar surface area (TPSA) is 101 Å². The molecule has 1 saturated heterocycles. The Hall–Kier alpha value is -3.31. The molecular weight excluding hydrogens is 489 g/mol. The van der Waals surface area contributed by atoms with Crippen LogP contribution in [0.3, 0.4) is 0 Å². The molecular formula is C26H30FN9S. The summed E-state index contributed by atoms with van der Waals surface area (Å²) < 4.78 is 17.6. The first-order valence-electron chi connectivity index (χ1n) is 13.0. The van der Waals surface area contributed by atoms with Gasteiger partial charge in [0.2, 0.25) is 11.9 Å². The molecule has 3 aliphatic rings. The highest BCUT2D eigenvalue weighted by molar-refractivity contribution is 7.17. The molecule has 3 aromatic heterocycles. The number of fused-ring (bicyclic) bond motifs is 3. The van der Waals surface area contributed by atoms with Gasteiger partial charge in [0.25, 0.3) is 0 Å². The summed E-state index contributed by atoms with van der Waals surface area (Å²) in [4.78, 5) is 9.14. The molecule has 3 fully saturated rings. The summed E-state index contributed by atoms with van der Waals surface area (Å²) in [6.45, 7) is 5.64. The predicted molar refractivity (Wildman–Crippen MR) is 144 cm³/mol. The zero-order valence-electron chi connectivity index (χ0n) is 20.8. The van der Waals surface area contributed by atoms with E-state index in [2.05, 4.69) is 35.4 Å². The molecule has 11 heteroatoms. The number of aryl methyl sites for hydroxylation is 1. The van der Waals surface area contributed by atoms with Crippen molar-refractivity contribution in [1.82, 2.24) is 29.9 Å². The normalized spacial score (nSPS) is 23.8. The number of anilines is 4. The Morgan fingerprint density at radius 2 is 1.95 bits per heavy atom. The molecule has 0 spiro atoms. The van der Waals surface area contributed by atoms with Crippen molar-refractivity contribution in [2.75, 3.05) is 42.1 Å². The lowest BCUT2D eigenvalue weighted by molar-refractivity contribution is 0.134. The summed E-state index contributed by atoms with van der Waals surface area (Å²) >= 11 is 1.55. The quantitative estimate of drug-likeness (QED) is 0.401. The van der Waals surface area contributed by atoms with E-state index in [0.717, 1.165) is 59.8 Å². The number of halogens is 1. The molecule has 192 valence electrons. The molecule has 0 amide bonds. The van der Waals surface area contributed by atoms with Gasteiger partial charge >= 0.3 is 0 Å². The van der Waals surface area contributed by atoms with Crippen LogP contribution < -0.4 is 16.0 Å². The highest BCUT2D eigenvalue weighted by Gasteiger charge is 2.42. The van der Waals surface area contributed by atoms with Crippen LogP contribution in [0.4, 0.5) is 27.7 Å². The standard InChI is InChI=1S/C26H30FN9S/c1-15-19-6-11-37-23(19)24(32-31-15)36-25(28)30-26(33-36)29-18-4-5-21(20(27)14-18)34-7-9-35(10-8-34)22-13-16-2-3-17(22)12-16/h4-6,11,14,16-17,22H,2-3,7-10,12-13H2,1H3,(H3,28,29,30,33)/t16-,17+,22+/m1/s1. The summed E-state index contributed by atoms with van der Waals surface area (Å²) in [7, 11) is 0. The molecule has 0 radical (unpaired) electrons. The summed E-state index contributed by atoms with van der Waals surface area (Å²) in [5, 5.41) is 19.1. The van der Waals surface area contributed by atoms with Crippen molar-refractivity contribution in [2.24, 2.45) is 11.8 Å². The van der Waals surface area contributed by atoms with Gasteiger partial charge in [0.15, 0.2) is 5.82 Å². The van der Waals surface area contributed by atoms with Gasteiger partial charge in [0, 0.05) is 43.3 Å². The molecule has 2 saturated carbocycles. The number of nitrogen functional groups attached to an aromatic ring is 1. The lowest BCUT2D eigenvalue weighted by Gasteiger charge is -2.41. The number of piperazine rings is 1. The Bertz CT molecular complexity index is 1460. The first kappa shape index (κ1) is 22.9. The van der Waals surface area contributed by atoms with Crippen molar-refractivity contribution in [3.63, 3.8) is 0 Å². The fourth-order valence-corrected chi connectivity index (χ4v) is 7.50. The molecule has 1 aliphatic heterocycles. The van der Waals surface area contributed by atoms with Gasteiger partial charge in [-0.1, -0.05) is 6.42 Å². The van der Waals surface area contributed by atoms with Gasteiger partial charge in [-0.25, -0.2) is 4.39 Å². The van der Waals surface area contributed by atoms with E-state index >= 15 is 4.39 Å². The Morgan fingerprint density at radius 3 is 2.70 bits per heavy atom. The van der Waals surface area contributed by atoms with Crippen LogP contribution in [0.15, 0.2) is 29.6 Å². The maximum Gasteiger partial charge on any atom is 0.248 e. The maximum absolute atomic E-state index is 15.2. The van der Waals surface area contributed by atoms with E-state index in [-0.39, 0.29) is 17.7 Å². The maximum atomic E-state index is 15.2. The second-order valence-corrected chi connectivity index (χ2v) is 11.5. The Labute approximate surface area is 218 Å². The van der Waals surface area contributed by atoms with Crippen LogP contribution in [0.1, 0.15) is 31.4 Å². The van der Waals surface area contributed by atoms with Gasteiger partial charge in [0.1, 0.15) is 5.82 Å². The van der Waals surface area contributed by atoms with E-state index in [9.17, 15) is 0 Å². The third-order valence-corrected chi connectivity index (χ3v) is 9.32. The SMILES string of the molecule is Cc1nnc(-n2nc(Nc3ccc(N4CCN([C@H]5C[C@@H]6CC[C@H]5C6)CC4)c(F)c3)nc2N)c2sccc12. The van der Waals surface area contributed by atoms with Crippen LogP contribution in [0.25, 0.3) is 15.9 Å². The minimum atomic E-state index is -0.254. The molecule has 0 unspecified atom stereocenters. The molecule has 1 aromatic carbocycles. The highest BCUT2D eigenvalue weighted by atomic mass is 32.1. The van der Waals surface area contributed by atoms with Gasteiger partial charge in [0.05, 0.1) is 16.1 Å². The van der Waals surface area contributed by atoms with Crippen LogP contribution in [0.2, 0.25) is 0 Å². The predicted octanol–water partition coefficient (Wildman–Crippen LogP) is 4.36. The van der Waals surface area contributed by atoms with Crippen molar-refractivity contribution in [3.05, 3.63) is 41.2 Å². The second kappa shape index (κ2) is 8.91. The lowest BCUT2D eigenvalue weighted by Crippen LogP contribution is -2.52. The third-order valence-electron chi connectivity index (χ3n) is 8.41. The van der Waals surface area contributed by atoms with Crippen LogP contribution in [0, 0.1) is 24.6 Å². The molecule has 37 heavy (non-hydrogen) atoms. The van der Waals surface area contributed by atoms with Gasteiger partial charge in [-0.05, 0) is 67.7 Å². The molecule has 9 nitrogen and oxygen atoms in total. The van der Waals surface area contributed by atoms with Crippen LogP contribution in [-0.2, 0) is 0 Å². The monoisotopic (exact) mass is 519 g/mol. The first-order chi connectivity index (χ1) is 18.0. The lowest BCUT2D eigenvalue weighted by atomic mass is 9.93. The number of hydrogen-bond acceptors (Lipinski definition) is 9. The van der Waals surface area contributed by atoms with Crippen molar-refractivity contribution in [3.8, 4) is 5.82 Å². The first-order valence-corrected chi connectivity index (χ1v) is 13.9. The van der Waals surface area contributed by atoms with E-state index in [1.165, 1.54) is 36.4 Å². The molecule has 4 aromatic rings. The van der Waals surface area contributed by atoms with E-state index < -0.39 is 0 Å². The van der Waals surface area contributed by atoms with Crippen molar-refractivity contribution < 1.29 is 4.39 Å². The Balaban J connectivity index is 1.04. The van der Waals surface area contributed by atoms with Gasteiger partial charge in [-0.2, -0.15) is 14.8 Å². The molecule has 7 rings (SSSR count). The number of nitrogens with zero attached hydrogens (tertiary/aromatic N) is 7. The largest absolute Gasteiger partial charge is 0.368 e. The average molecular weight is 520 g/mol. The van der Waals surface area contributed by atoms with Gasteiger partial charge in [-0.15, -0.1) is 21.5 Å². The summed E-state index contributed by atoms with van der Waals surface area (Å²) in [5.41, 5.74) is 8.21. The van der Waals surface area contributed by atoms with E-state index in [1.54, 1.807) is 11.3 Å². The van der Waals surface area contributed by atoms with E-state index in [1.807, 2.05) is 30.5 Å². The number of rotatable bonds is 5. The highest BCUT2D eigenvalue weighted by Crippen LogP contribution is 2.46. The smallest absolute Gasteiger partial charge is 0.248 e. The third kappa shape index (κ3) is 4.00. The van der Waals surface area contributed by atoms with Crippen molar-refractivity contribution in [1.29, 1.82) is 0 Å². The minimum Gasteiger partial charge on any atom is -0.368 e. The van der Waals surface area contributed by atoms with E-state index in [0.29, 0.717) is 17.2 Å².